The summed E-state index contributed by atoms with van der Waals surface area (Å²) in [6, 6.07) is 3.81. The van der Waals surface area contributed by atoms with E-state index in [1.165, 1.54) is 0 Å². The van der Waals surface area contributed by atoms with E-state index >= 15 is 0 Å². The first kappa shape index (κ1) is 15.7. The fourth-order valence-corrected chi connectivity index (χ4v) is 2.75. The molecule has 0 radical (unpaired) electrons. The minimum atomic E-state index is -1.07. The van der Waals surface area contributed by atoms with Gasteiger partial charge >= 0.3 is 0 Å². The zero-order valence-corrected chi connectivity index (χ0v) is 13.4. The SMILES string of the molecule is CC(C)(O)c1ncc(-c2cc(N)c(N)c([C@H]3CCCO3)c2)cn1. The first-order valence-corrected chi connectivity index (χ1v) is 7.72. The van der Waals surface area contributed by atoms with Crippen molar-refractivity contribution >= 4 is 11.4 Å². The van der Waals surface area contributed by atoms with Crippen LogP contribution in [-0.4, -0.2) is 21.7 Å². The Kier molecular flexibility index (Phi) is 3.95. The molecule has 6 nitrogen and oxygen atoms in total. The Bertz CT molecular complexity index is 702. The second-order valence-corrected chi connectivity index (χ2v) is 6.42. The highest BCUT2D eigenvalue weighted by atomic mass is 16.5. The van der Waals surface area contributed by atoms with Crippen LogP contribution in [0.4, 0.5) is 11.4 Å². The van der Waals surface area contributed by atoms with Gasteiger partial charge in [-0.15, -0.1) is 0 Å². The fourth-order valence-electron chi connectivity index (χ4n) is 2.75. The largest absolute Gasteiger partial charge is 0.397 e. The molecule has 0 amide bonds. The second-order valence-electron chi connectivity index (χ2n) is 6.42. The van der Waals surface area contributed by atoms with Crippen molar-refractivity contribution < 1.29 is 9.84 Å². The molecule has 0 saturated carbocycles. The molecular formula is C17H22N4O2. The van der Waals surface area contributed by atoms with Gasteiger partial charge in [0.1, 0.15) is 5.60 Å². The van der Waals surface area contributed by atoms with Crippen LogP contribution in [-0.2, 0) is 10.3 Å². The summed E-state index contributed by atoms with van der Waals surface area (Å²) in [5.41, 5.74) is 14.9. The van der Waals surface area contributed by atoms with Crippen LogP contribution in [0.2, 0.25) is 0 Å². The average molecular weight is 314 g/mol. The molecule has 1 aromatic carbocycles. The predicted octanol–water partition coefficient (Wildman–Crippen LogP) is 2.39. The van der Waals surface area contributed by atoms with Gasteiger partial charge in [-0.2, -0.15) is 0 Å². The van der Waals surface area contributed by atoms with Gasteiger partial charge < -0.3 is 21.3 Å². The molecule has 5 N–H and O–H groups in total. The molecule has 1 fully saturated rings. The number of anilines is 2. The smallest absolute Gasteiger partial charge is 0.159 e. The van der Waals surface area contributed by atoms with Crippen LogP contribution in [0.15, 0.2) is 24.5 Å². The number of benzene rings is 1. The van der Waals surface area contributed by atoms with Crippen molar-refractivity contribution in [2.24, 2.45) is 0 Å². The first-order valence-electron chi connectivity index (χ1n) is 7.72. The standard InChI is InChI=1S/C17H22N4O2/c1-17(2,22)16-20-8-11(9-21-16)10-6-12(14-4-3-5-23-14)15(19)13(18)7-10/h6-9,14,22H,3-5,18-19H2,1-2H3/t14-/m1/s1. The highest BCUT2D eigenvalue weighted by molar-refractivity contribution is 5.77. The number of nitrogen functional groups attached to an aromatic ring is 2. The molecule has 0 bridgehead atoms. The average Bonchev–Trinajstić information content (AvgIpc) is 3.03. The van der Waals surface area contributed by atoms with Gasteiger partial charge in [0.15, 0.2) is 5.82 Å². The van der Waals surface area contributed by atoms with Gasteiger partial charge in [0.2, 0.25) is 0 Å². The molecule has 1 saturated heterocycles. The molecule has 6 heteroatoms. The Morgan fingerprint density at radius 3 is 2.43 bits per heavy atom. The van der Waals surface area contributed by atoms with E-state index in [9.17, 15) is 5.11 Å². The van der Waals surface area contributed by atoms with Gasteiger partial charge in [-0.1, -0.05) is 0 Å². The maximum absolute atomic E-state index is 9.94. The van der Waals surface area contributed by atoms with Gasteiger partial charge in [0, 0.05) is 30.1 Å². The lowest BCUT2D eigenvalue weighted by Crippen LogP contribution is -2.19. The number of rotatable bonds is 3. The van der Waals surface area contributed by atoms with E-state index in [-0.39, 0.29) is 6.10 Å². The van der Waals surface area contributed by atoms with Gasteiger partial charge in [0.25, 0.3) is 0 Å². The van der Waals surface area contributed by atoms with E-state index in [0.717, 1.165) is 36.1 Å². The maximum atomic E-state index is 9.94. The first-order chi connectivity index (χ1) is 10.9. The number of aromatic nitrogens is 2. The number of hydrogen-bond acceptors (Lipinski definition) is 6. The molecule has 1 aliphatic rings. The van der Waals surface area contributed by atoms with E-state index in [4.69, 9.17) is 16.2 Å². The Balaban J connectivity index is 1.99. The van der Waals surface area contributed by atoms with Crippen LogP contribution >= 0.6 is 0 Å². The third-order valence-corrected chi connectivity index (χ3v) is 4.05. The molecule has 0 unspecified atom stereocenters. The third kappa shape index (κ3) is 3.13. The van der Waals surface area contributed by atoms with Gasteiger partial charge in [-0.3, -0.25) is 0 Å². The minimum absolute atomic E-state index is 0.00573. The van der Waals surface area contributed by atoms with Gasteiger partial charge in [-0.25, -0.2) is 9.97 Å². The van der Waals surface area contributed by atoms with Crippen molar-refractivity contribution in [3.63, 3.8) is 0 Å². The minimum Gasteiger partial charge on any atom is -0.397 e. The van der Waals surface area contributed by atoms with Crippen LogP contribution in [0.3, 0.4) is 0 Å². The lowest BCUT2D eigenvalue weighted by Gasteiger charge is -2.17. The van der Waals surface area contributed by atoms with Gasteiger partial charge in [0.05, 0.1) is 17.5 Å². The van der Waals surface area contributed by atoms with Crippen LogP contribution in [0.1, 0.15) is 44.2 Å². The molecule has 0 spiro atoms. The Labute approximate surface area is 135 Å². The molecule has 2 heterocycles. The fraction of sp³-hybridized carbons (Fsp3) is 0.412. The van der Waals surface area contributed by atoms with E-state index < -0.39 is 5.60 Å². The van der Waals surface area contributed by atoms with Crippen LogP contribution in [0.5, 0.6) is 0 Å². The summed E-state index contributed by atoms with van der Waals surface area (Å²) in [4.78, 5) is 8.48. The second kappa shape index (κ2) is 5.79. The topological polar surface area (TPSA) is 107 Å². The summed E-state index contributed by atoms with van der Waals surface area (Å²) >= 11 is 0. The van der Waals surface area contributed by atoms with Crippen LogP contribution < -0.4 is 11.5 Å². The molecule has 1 aromatic heterocycles. The normalized spacial score (nSPS) is 18.3. The van der Waals surface area contributed by atoms with Crippen LogP contribution in [0.25, 0.3) is 11.1 Å². The lowest BCUT2D eigenvalue weighted by atomic mass is 9.98. The maximum Gasteiger partial charge on any atom is 0.159 e. The Morgan fingerprint density at radius 1 is 1.17 bits per heavy atom. The van der Waals surface area contributed by atoms with E-state index in [0.29, 0.717) is 17.2 Å². The summed E-state index contributed by atoms with van der Waals surface area (Å²) in [7, 11) is 0. The quantitative estimate of drug-likeness (QED) is 0.751. The Morgan fingerprint density at radius 2 is 1.87 bits per heavy atom. The number of aliphatic hydroxyl groups is 1. The highest BCUT2D eigenvalue weighted by Crippen LogP contribution is 2.38. The molecular weight excluding hydrogens is 292 g/mol. The molecule has 1 aliphatic heterocycles. The van der Waals surface area contributed by atoms with Crippen molar-refractivity contribution in [3.8, 4) is 11.1 Å². The molecule has 0 aliphatic carbocycles. The van der Waals surface area contributed by atoms with E-state index in [2.05, 4.69) is 9.97 Å². The van der Waals surface area contributed by atoms with Crippen LogP contribution in [0, 0.1) is 0 Å². The lowest BCUT2D eigenvalue weighted by molar-refractivity contribution is 0.0687. The number of nitrogens with two attached hydrogens (primary N) is 2. The summed E-state index contributed by atoms with van der Waals surface area (Å²) < 4.78 is 5.73. The van der Waals surface area contributed by atoms with Crippen molar-refractivity contribution in [2.45, 2.75) is 38.4 Å². The van der Waals surface area contributed by atoms with Gasteiger partial charge in [-0.05, 0) is 44.4 Å². The van der Waals surface area contributed by atoms with E-state index in [1.807, 2.05) is 12.1 Å². The van der Waals surface area contributed by atoms with Crippen molar-refractivity contribution in [3.05, 3.63) is 35.9 Å². The summed E-state index contributed by atoms with van der Waals surface area (Å²) in [6.07, 6.45) is 5.34. The summed E-state index contributed by atoms with van der Waals surface area (Å²) in [5, 5.41) is 9.94. The Hall–Kier alpha value is -2.18. The molecule has 2 aromatic rings. The highest BCUT2D eigenvalue weighted by Gasteiger charge is 2.23. The van der Waals surface area contributed by atoms with E-state index in [1.54, 1.807) is 26.2 Å². The zero-order chi connectivity index (χ0) is 16.6. The number of nitrogens with zero attached hydrogens (tertiary/aromatic N) is 2. The molecule has 3 rings (SSSR count). The zero-order valence-electron chi connectivity index (χ0n) is 13.4. The number of ether oxygens (including phenoxy) is 1. The summed E-state index contributed by atoms with van der Waals surface area (Å²) in [5.74, 6) is 0.379. The third-order valence-electron chi connectivity index (χ3n) is 4.05. The monoisotopic (exact) mass is 314 g/mol. The molecule has 122 valence electrons. The number of hydrogen-bond donors (Lipinski definition) is 3. The predicted molar refractivity (Wildman–Crippen MR) is 89.5 cm³/mol. The molecule has 23 heavy (non-hydrogen) atoms. The van der Waals surface area contributed by atoms with Crippen molar-refractivity contribution in [1.29, 1.82) is 0 Å². The molecule has 1 atom stereocenters. The van der Waals surface area contributed by atoms with Crippen molar-refractivity contribution in [1.82, 2.24) is 9.97 Å². The van der Waals surface area contributed by atoms with Crippen molar-refractivity contribution in [2.75, 3.05) is 18.1 Å². The summed E-state index contributed by atoms with van der Waals surface area (Å²) in [6.45, 7) is 4.05.